The fourth-order valence-corrected chi connectivity index (χ4v) is 6.96. The SMILES string of the molecule is O=c1c2cc(Cl)ccc2[se]n1CCn1[se]c2ccc(Cl)cc2c1=O. The van der Waals surface area contributed by atoms with Crippen molar-refractivity contribution in [2.45, 2.75) is 13.1 Å². The summed E-state index contributed by atoms with van der Waals surface area (Å²) in [5.74, 6) is 0. The summed E-state index contributed by atoms with van der Waals surface area (Å²) < 4.78 is 5.75. The average Bonchev–Trinajstić information content (AvgIpc) is 3.04. The van der Waals surface area contributed by atoms with Crippen LogP contribution in [0.1, 0.15) is 0 Å². The van der Waals surface area contributed by atoms with Gasteiger partial charge in [0.15, 0.2) is 0 Å². The molecule has 8 heteroatoms. The number of hydrogen-bond acceptors (Lipinski definition) is 2. The van der Waals surface area contributed by atoms with E-state index in [1.165, 1.54) is 0 Å². The summed E-state index contributed by atoms with van der Waals surface area (Å²) in [5, 5.41) is 2.53. The van der Waals surface area contributed by atoms with Gasteiger partial charge in [0.1, 0.15) is 0 Å². The molecule has 4 rings (SSSR count). The second-order valence-corrected chi connectivity index (χ2v) is 10.6. The number of halogens is 2. The Bertz CT molecular complexity index is 1090. The van der Waals surface area contributed by atoms with Crippen LogP contribution in [0, 0.1) is 0 Å². The number of aryl methyl sites for hydroxylation is 2. The van der Waals surface area contributed by atoms with Crippen molar-refractivity contribution in [3.8, 4) is 0 Å². The summed E-state index contributed by atoms with van der Waals surface area (Å²) in [5.41, 5.74) is 0.0133. The fourth-order valence-electron chi connectivity index (χ4n) is 2.56. The van der Waals surface area contributed by atoms with E-state index in [-0.39, 0.29) is 40.6 Å². The predicted molar refractivity (Wildman–Crippen MR) is 100 cm³/mol. The van der Waals surface area contributed by atoms with Crippen molar-refractivity contribution in [1.29, 1.82) is 0 Å². The Hall–Kier alpha value is -1.00. The molecule has 0 unspecified atom stereocenters. The van der Waals surface area contributed by atoms with E-state index in [2.05, 4.69) is 0 Å². The van der Waals surface area contributed by atoms with Gasteiger partial charge in [0, 0.05) is 0 Å². The molecule has 0 aliphatic rings. The van der Waals surface area contributed by atoms with Crippen LogP contribution in [-0.4, -0.2) is 36.6 Å². The second-order valence-electron chi connectivity index (χ2n) is 5.28. The molecule has 0 aliphatic heterocycles. The summed E-state index contributed by atoms with van der Waals surface area (Å²) >= 11 is 11.8. The molecule has 0 saturated heterocycles. The Morgan fingerprint density at radius 2 is 1.17 bits per heavy atom. The van der Waals surface area contributed by atoms with Gasteiger partial charge in [-0.3, -0.25) is 0 Å². The van der Waals surface area contributed by atoms with Crippen LogP contribution in [0.5, 0.6) is 0 Å². The van der Waals surface area contributed by atoms with Gasteiger partial charge in [-0.1, -0.05) is 0 Å². The minimum atomic E-state index is -0.0526. The summed E-state index contributed by atoms with van der Waals surface area (Å²) in [7, 11) is 0. The van der Waals surface area contributed by atoms with Gasteiger partial charge in [0.2, 0.25) is 0 Å². The van der Waals surface area contributed by atoms with Gasteiger partial charge in [0.25, 0.3) is 0 Å². The monoisotopic (exact) mass is 492 g/mol. The molecule has 0 N–H and O–H groups in total. The third kappa shape index (κ3) is 2.88. The first-order chi connectivity index (χ1) is 11.5. The Kier molecular flexibility index (Phi) is 4.38. The molecule has 0 aliphatic carbocycles. The number of aromatic nitrogens is 2. The Morgan fingerprint density at radius 3 is 1.58 bits per heavy atom. The number of fused-ring (bicyclic) bond motifs is 2. The standard InChI is InChI=1S/C16H10Cl2N2O2Se2/c17-9-1-3-13-11(7-9)15(21)19(23-13)5-6-20-16(22)12-8-10(18)2-4-14(12)24-20/h1-4,7-8H,5-6H2. The topological polar surface area (TPSA) is 44.0 Å². The van der Waals surface area contributed by atoms with E-state index in [4.69, 9.17) is 23.2 Å². The zero-order valence-electron chi connectivity index (χ0n) is 12.2. The van der Waals surface area contributed by atoms with Crippen LogP contribution in [0.4, 0.5) is 0 Å². The van der Waals surface area contributed by atoms with Gasteiger partial charge < -0.3 is 0 Å². The van der Waals surface area contributed by atoms with Crippen molar-refractivity contribution in [3.63, 3.8) is 0 Å². The van der Waals surface area contributed by atoms with Crippen molar-refractivity contribution in [2.75, 3.05) is 0 Å². The van der Waals surface area contributed by atoms with Crippen LogP contribution < -0.4 is 11.1 Å². The average molecular weight is 491 g/mol. The third-order valence-corrected chi connectivity index (χ3v) is 8.90. The molecule has 4 aromatic rings. The fraction of sp³-hybridized carbons (Fsp3) is 0.125. The molecule has 4 nitrogen and oxygen atoms in total. The van der Waals surface area contributed by atoms with Crippen LogP contribution in [0.15, 0.2) is 46.0 Å². The van der Waals surface area contributed by atoms with E-state index in [9.17, 15) is 9.59 Å². The molecule has 0 amide bonds. The molecule has 0 saturated carbocycles. The van der Waals surface area contributed by atoms with E-state index in [1.54, 1.807) is 12.1 Å². The van der Waals surface area contributed by atoms with Gasteiger partial charge in [0.05, 0.1) is 0 Å². The molecule has 0 fully saturated rings. The molecule has 0 spiro atoms. The van der Waals surface area contributed by atoms with Crippen molar-refractivity contribution in [1.82, 2.24) is 7.12 Å². The van der Waals surface area contributed by atoms with Gasteiger partial charge in [-0.25, -0.2) is 0 Å². The molecule has 0 atom stereocenters. The Balaban J connectivity index is 1.68. The second kappa shape index (κ2) is 6.38. The molecule has 2 heterocycles. The van der Waals surface area contributed by atoms with Crippen LogP contribution in [0.2, 0.25) is 10.0 Å². The van der Waals surface area contributed by atoms with E-state index in [0.29, 0.717) is 33.9 Å². The van der Waals surface area contributed by atoms with Crippen molar-refractivity contribution in [2.24, 2.45) is 0 Å². The zero-order valence-corrected chi connectivity index (χ0v) is 17.1. The first-order valence-electron chi connectivity index (χ1n) is 7.12. The molecule has 24 heavy (non-hydrogen) atoms. The summed E-state index contributed by atoms with van der Waals surface area (Å²) in [4.78, 5) is 24.9. The molecule has 2 aromatic carbocycles. The molecule has 122 valence electrons. The number of nitrogens with zero attached hydrogens (tertiary/aromatic N) is 2. The van der Waals surface area contributed by atoms with Gasteiger partial charge in [-0.15, -0.1) is 0 Å². The quantitative estimate of drug-likeness (QED) is 0.414. The van der Waals surface area contributed by atoms with E-state index in [0.717, 1.165) is 8.52 Å². The molecule has 2 aromatic heterocycles. The van der Waals surface area contributed by atoms with Crippen LogP contribution in [0.3, 0.4) is 0 Å². The van der Waals surface area contributed by atoms with Gasteiger partial charge in [-0.2, -0.15) is 0 Å². The van der Waals surface area contributed by atoms with E-state index in [1.807, 2.05) is 31.4 Å². The van der Waals surface area contributed by atoms with E-state index >= 15 is 0 Å². The van der Waals surface area contributed by atoms with Gasteiger partial charge in [-0.05, 0) is 0 Å². The van der Waals surface area contributed by atoms with Gasteiger partial charge >= 0.3 is 159 Å². The van der Waals surface area contributed by atoms with Crippen molar-refractivity contribution >= 4 is 72.0 Å². The molecular formula is C16H10Cl2N2O2Se2. The number of rotatable bonds is 3. The number of benzene rings is 2. The van der Waals surface area contributed by atoms with Crippen molar-refractivity contribution in [3.05, 3.63) is 67.2 Å². The summed E-state index contributed by atoms with van der Waals surface area (Å²) in [6.07, 6.45) is 0. The normalized spacial score (nSPS) is 11.6. The van der Waals surface area contributed by atoms with Crippen molar-refractivity contribution < 1.29 is 0 Å². The van der Waals surface area contributed by atoms with Crippen LogP contribution >= 0.6 is 23.2 Å². The molecule has 0 radical (unpaired) electrons. The number of hydrogen-bond donors (Lipinski definition) is 0. The first kappa shape index (κ1) is 16.5. The predicted octanol–water partition coefficient (Wildman–Crippen LogP) is 2.44. The third-order valence-electron chi connectivity index (χ3n) is 3.72. The Morgan fingerprint density at radius 1 is 0.750 bits per heavy atom. The minimum absolute atomic E-state index is 0.00667. The molecule has 0 bridgehead atoms. The summed E-state index contributed by atoms with van der Waals surface area (Å²) in [6.45, 7) is 1.08. The first-order valence-corrected chi connectivity index (χ1v) is 11.1. The van der Waals surface area contributed by atoms with Crippen LogP contribution in [0.25, 0.3) is 19.3 Å². The van der Waals surface area contributed by atoms with Crippen LogP contribution in [-0.2, 0) is 13.1 Å². The Labute approximate surface area is 158 Å². The zero-order chi connectivity index (χ0) is 16.8. The summed E-state index contributed by atoms with van der Waals surface area (Å²) in [6, 6.07) is 10.9. The maximum absolute atomic E-state index is 12.5. The maximum atomic E-state index is 12.5. The van der Waals surface area contributed by atoms with E-state index < -0.39 is 0 Å². The molecular weight excluding hydrogens is 481 g/mol.